The van der Waals surface area contributed by atoms with Crippen molar-refractivity contribution >= 4 is 11.9 Å². The summed E-state index contributed by atoms with van der Waals surface area (Å²) in [6.07, 6.45) is 2.82. The molecule has 0 radical (unpaired) electrons. The molecule has 0 saturated carbocycles. The van der Waals surface area contributed by atoms with Crippen LogP contribution in [0.2, 0.25) is 0 Å². The highest BCUT2D eigenvalue weighted by atomic mass is 16.6. The number of nitrogens with zero attached hydrogens (tertiary/aromatic N) is 2. The lowest BCUT2D eigenvalue weighted by molar-refractivity contribution is -0.159. The maximum Gasteiger partial charge on any atom is 0.328 e. The molecule has 2 atom stereocenters. The number of rotatable bonds is 7. The first-order valence-corrected chi connectivity index (χ1v) is 9.31. The summed E-state index contributed by atoms with van der Waals surface area (Å²) in [5, 5.41) is 0. The minimum Gasteiger partial charge on any atom is -0.461 e. The van der Waals surface area contributed by atoms with E-state index in [0.717, 1.165) is 32.5 Å². The SMILES string of the molecule is CCCC(=O)N1CCC[C@H]1C(=O)OC[C@H]1CN(CC(C)C)CCO1. The van der Waals surface area contributed by atoms with E-state index in [4.69, 9.17) is 9.47 Å². The molecule has 6 nitrogen and oxygen atoms in total. The molecule has 0 aromatic heterocycles. The Kier molecular flexibility index (Phi) is 7.49. The Hall–Kier alpha value is -1.14. The summed E-state index contributed by atoms with van der Waals surface area (Å²) in [6, 6.07) is -0.403. The van der Waals surface area contributed by atoms with E-state index in [-0.39, 0.29) is 24.6 Å². The fraction of sp³-hybridized carbons (Fsp3) is 0.889. The van der Waals surface area contributed by atoms with E-state index < -0.39 is 6.04 Å². The first-order valence-electron chi connectivity index (χ1n) is 9.31. The van der Waals surface area contributed by atoms with Crippen molar-refractivity contribution in [2.24, 2.45) is 5.92 Å². The standard InChI is InChI=1S/C18H32N2O4/c1-4-6-17(21)20-8-5-7-16(20)18(22)24-13-15-12-19(9-10-23-15)11-14(2)3/h14-16H,4-13H2,1-3H3/t15-,16+/m1/s1. The summed E-state index contributed by atoms with van der Waals surface area (Å²) in [5.74, 6) is 0.401. The summed E-state index contributed by atoms with van der Waals surface area (Å²) in [6.45, 7) is 10.8. The Morgan fingerprint density at radius 3 is 2.79 bits per heavy atom. The molecule has 2 heterocycles. The van der Waals surface area contributed by atoms with Gasteiger partial charge in [0.05, 0.1) is 6.61 Å². The number of likely N-dealkylation sites (tertiary alicyclic amines) is 1. The van der Waals surface area contributed by atoms with Gasteiger partial charge in [-0.15, -0.1) is 0 Å². The van der Waals surface area contributed by atoms with Gasteiger partial charge in [0, 0.05) is 32.6 Å². The Labute approximate surface area is 145 Å². The molecule has 0 aliphatic carbocycles. The van der Waals surface area contributed by atoms with Crippen LogP contribution in [0.5, 0.6) is 0 Å². The van der Waals surface area contributed by atoms with Gasteiger partial charge in [-0.25, -0.2) is 4.79 Å². The zero-order valence-electron chi connectivity index (χ0n) is 15.3. The van der Waals surface area contributed by atoms with Crippen molar-refractivity contribution in [1.29, 1.82) is 0 Å². The molecule has 2 saturated heterocycles. The average Bonchev–Trinajstić information content (AvgIpc) is 3.02. The van der Waals surface area contributed by atoms with Crippen LogP contribution in [0.3, 0.4) is 0 Å². The van der Waals surface area contributed by atoms with Crippen LogP contribution in [0.1, 0.15) is 46.5 Å². The van der Waals surface area contributed by atoms with E-state index >= 15 is 0 Å². The third-order valence-corrected chi connectivity index (χ3v) is 4.57. The number of esters is 1. The van der Waals surface area contributed by atoms with Gasteiger partial charge in [-0.2, -0.15) is 0 Å². The van der Waals surface area contributed by atoms with Crippen LogP contribution in [0.4, 0.5) is 0 Å². The number of amides is 1. The van der Waals surface area contributed by atoms with E-state index in [0.29, 0.717) is 31.9 Å². The first kappa shape index (κ1) is 19.2. The number of hydrogen-bond donors (Lipinski definition) is 0. The summed E-state index contributed by atoms with van der Waals surface area (Å²) < 4.78 is 11.2. The Balaban J connectivity index is 1.78. The molecular weight excluding hydrogens is 308 g/mol. The summed E-state index contributed by atoms with van der Waals surface area (Å²) in [7, 11) is 0. The van der Waals surface area contributed by atoms with Crippen molar-refractivity contribution in [2.75, 3.05) is 39.4 Å². The smallest absolute Gasteiger partial charge is 0.328 e. The fourth-order valence-corrected chi connectivity index (χ4v) is 3.50. The maximum absolute atomic E-state index is 12.4. The van der Waals surface area contributed by atoms with Crippen LogP contribution >= 0.6 is 0 Å². The van der Waals surface area contributed by atoms with Gasteiger partial charge in [-0.3, -0.25) is 9.69 Å². The molecule has 1 amide bonds. The molecule has 0 N–H and O–H groups in total. The molecule has 0 aromatic rings. The molecule has 2 fully saturated rings. The van der Waals surface area contributed by atoms with Gasteiger partial charge in [0.2, 0.25) is 5.91 Å². The predicted molar refractivity (Wildman–Crippen MR) is 91.6 cm³/mol. The van der Waals surface area contributed by atoms with Gasteiger partial charge >= 0.3 is 5.97 Å². The predicted octanol–water partition coefficient (Wildman–Crippen LogP) is 1.68. The van der Waals surface area contributed by atoms with Crippen LogP contribution in [0.15, 0.2) is 0 Å². The lowest BCUT2D eigenvalue weighted by Crippen LogP contribution is -2.47. The highest BCUT2D eigenvalue weighted by Gasteiger charge is 2.35. The second-order valence-corrected chi connectivity index (χ2v) is 7.27. The minimum atomic E-state index is -0.403. The van der Waals surface area contributed by atoms with Crippen LogP contribution in [0.25, 0.3) is 0 Å². The Morgan fingerprint density at radius 1 is 1.29 bits per heavy atom. The van der Waals surface area contributed by atoms with Gasteiger partial charge in [0.15, 0.2) is 0 Å². The van der Waals surface area contributed by atoms with Gasteiger partial charge in [-0.05, 0) is 25.2 Å². The summed E-state index contributed by atoms with van der Waals surface area (Å²) in [4.78, 5) is 28.5. The first-order chi connectivity index (χ1) is 11.5. The molecule has 138 valence electrons. The third kappa shape index (κ3) is 5.45. The van der Waals surface area contributed by atoms with Gasteiger partial charge < -0.3 is 14.4 Å². The quantitative estimate of drug-likeness (QED) is 0.660. The van der Waals surface area contributed by atoms with E-state index in [1.54, 1.807) is 4.90 Å². The number of carbonyl (C=O) groups is 2. The normalized spacial score (nSPS) is 25.2. The highest BCUT2D eigenvalue weighted by molar-refractivity contribution is 5.85. The lowest BCUT2D eigenvalue weighted by atomic mass is 10.2. The topological polar surface area (TPSA) is 59.1 Å². The largest absolute Gasteiger partial charge is 0.461 e. The minimum absolute atomic E-state index is 0.0639. The van der Waals surface area contributed by atoms with Crippen molar-refractivity contribution in [2.45, 2.75) is 58.6 Å². The molecule has 2 aliphatic rings. The lowest BCUT2D eigenvalue weighted by Gasteiger charge is -2.33. The molecule has 24 heavy (non-hydrogen) atoms. The van der Waals surface area contributed by atoms with Gasteiger partial charge in [0.25, 0.3) is 0 Å². The van der Waals surface area contributed by atoms with Crippen LogP contribution < -0.4 is 0 Å². The fourth-order valence-electron chi connectivity index (χ4n) is 3.50. The van der Waals surface area contributed by atoms with Crippen LogP contribution in [0, 0.1) is 5.92 Å². The molecule has 6 heteroatoms. The van der Waals surface area contributed by atoms with Crippen molar-refractivity contribution in [1.82, 2.24) is 9.80 Å². The molecule has 0 unspecified atom stereocenters. The monoisotopic (exact) mass is 340 g/mol. The van der Waals surface area contributed by atoms with E-state index in [2.05, 4.69) is 18.7 Å². The van der Waals surface area contributed by atoms with E-state index in [1.807, 2.05) is 6.92 Å². The molecule has 0 aromatic carbocycles. The van der Waals surface area contributed by atoms with Gasteiger partial charge in [0.1, 0.15) is 18.8 Å². The Bertz CT molecular complexity index is 427. The average molecular weight is 340 g/mol. The van der Waals surface area contributed by atoms with Crippen molar-refractivity contribution < 1.29 is 19.1 Å². The van der Waals surface area contributed by atoms with Crippen LogP contribution in [-0.4, -0.2) is 73.2 Å². The van der Waals surface area contributed by atoms with Crippen molar-refractivity contribution in [3.8, 4) is 0 Å². The molecule has 0 bridgehead atoms. The zero-order valence-corrected chi connectivity index (χ0v) is 15.3. The van der Waals surface area contributed by atoms with E-state index in [9.17, 15) is 9.59 Å². The maximum atomic E-state index is 12.4. The summed E-state index contributed by atoms with van der Waals surface area (Å²) >= 11 is 0. The molecule has 2 aliphatic heterocycles. The molecular formula is C18H32N2O4. The van der Waals surface area contributed by atoms with Crippen LogP contribution in [-0.2, 0) is 19.1 Å². The molecule has 0 spiro atoms. The van der Waals surface area contributed by atoms with Crippen molar-refractivity contribution in [3.05, 3.63) is 0 Å². The second-order valence-electron chi connectivity index (χ2n) is 7.27. The summed E-state index contributed by atoms with van der Waals surface area (Å²) in [5.41, 5.74) is 0. The van der Waals surface area contributed by atoms with Gasteiger partial charge in [-0.1, -0.05) is 20.8 Å². The number of morpholine rings is 1. The van der Waals surface area contributed by atoms with E-state index in [1.165, 1.54) is 0 Å². The third-order valence-electron chi connectivity index (χ3n) is 4.57. The number of carbonyl (C=O) groups excluding carboxylic acids is 2. The number of hydrogen-bond acceptors (Lipinski definition) is 5. The number of ether oxygens (including phenoxy) is 2. The zero-order chi connectivity index (χ0) is 17.5. The van der Waals surface area contributed by atoms with Crippen molar-refractivity contribution in [3.63, 3.8) is 0 Å². The Morgan fingerprint density at radius 2 is 2.08 bits per heavy atom. The highest BCUT2D eigenvalue weighted by Crippen LogP contribution is 2.20. The second kappa shape index (κ2) is 9.37. The molecule has 2 rings (SSSR count).